The first kappa shape index (κ1) is 20.7. The number of nitrogens with two attached hydrogens (primary N) is 1. The molecule has 0 saturated carbocycles. The lowest BCUT2D eigenvalue weighted by Crippen LogP contribution is -2.47. The van der Waals surface area contributed by atoms with Crippen LogP contribution < -0.4 is 10.5 Å². The van der Waals surface area contributed by atoms with Crippen molar-refractivity contribution in [2.24, 2.45) is 5.41 Å². The molecular weight excluding hydrogens is 402 g/mol. The molecule has 7 nitrogen and oxygen atoms in total. The standard InChI is InChI=1S/C22H27N3O4S/c23-21-24-17(15-30-21)19(26)25-11-9-22(10-12-25)8-4-3-6-16-5-1-2-7-18(16)28-13-14-29-20(22)27/h1-2,5,7,15H,3-4,6,8-14H2,(H2,23,24). The Balaban J connectivity index is 1.41. The number of amides is 1. The summed E-state index contributed by atoms with van der Waals surface area (Å²) in [4.78, 5) is 31.5. The normalized spacial score (nSPS) is 19.7. The molecule has 1 saturated heterocycles. The number of ether oxygens (including phenoxy) is 2. The number of anilines is 1. The van der Waals surface area contributed by atoms with Crippen LogP contribution in [-0.4, -0.2) is 48.1 Å². The fourth-order valence-corrected chi connectivity index (χ4v) is 4.85. The number of cyclic esters (lactones) is 1. The van der Waals surface area contributed by atoms with Crippen LogP contribution in [0.3, 0.4) is 0 Å². The first-order valence-electron chi connectivity index (χ1n) is 10.5. The zero-order valence-corrected chi connectivity index (χ0v) is 17.8. The minimum atomic E-state index is -0.531. The van der Waals surface area contributed by atoms with Crippen LogP contribution in [0, 0.1) is 5.41 Å². The molecule has 1 amide bonds. The number of benzene rings is 1. The van der Waals surface area contributed by atoms with Crippen molar-refractivity contribution in [1.82, 2.24) is 9.88 Å². The largest absolute Gasteiger partial charge is 0.490 e. The fraction of sp³-hybridized carbons (Fsp3) is 0.500. The number of rotatable bonds is 1. The molecule has 1 fully saturated rings. The van der Waals surface area contributed by atoms with Gasteiger partial charge in [0, 0.05) is 18.5 Å². The van der Waals surface area contributed by atoms with Gasteiger partial charge in [0.25, 0.3) is 5.91 Å². The molecule has 3 heterocycles. The highest BCUT2D eigenvalue weighted by molar-refractivity contribution is 7.13. The van der Waals surface area contributed by atoms with E-state index < -0.39 is 5.41 Å². The lowest BCUT2D eigenvalue weighted by Gasteiger charge is -2.40. The number of piperidine rings is 1. The van der Waals surface area contributed by atoms with E-state index in [-0.39, 0.29) is 18.5 Å². The Morgan fingerprint density at radius 1 is 1.10 bits per heavy atom. The van der Waals surface area contributed by atoms with Crippen LogP contribution in [0.1, 0.15) is 48.2 Å². The van der Waals surface area contributed by atoms with Gasteiger partial charge >= 0.3 is 5.97 Å². The number of nitrogens with zero attached hydrogens (tertiary/aromatic N) is 2. The molecular formula is C22H27N3O4S. The SMILES string of the molecule is Nc1nc(C(=O)N2CCC3(CCCCc4ccccc4OCCOC3=O)CC2)cs1. The molecule has 8 heteroatoms. The maximum absolute atomic E-state index is 13.0. The number of carbonyl (C=O) groups excluding carboxylic acids is 2. The number of nitrogen functional groups attached to an aromatic ring is 1. The number of carbonyl (C=O) groups is 2. The first-order valence-corrected chi connectivity index (χ1v) is 11.3. The predicted molar refractivity (Wildman–Crippen MR) is 115 cm³/mol. The van der Waals surface area contributed by atoms with E-state index in [9.17, 15) is 9.59 Å². The van der Waals surface area contributed by atoms with Gasteiger partial charge in [-0.05, 0) is 43.7 Å². The highest BCUT2D eigenvalue weighted by Gasteiger charge is 2.43. The number of para-hydroxylation sites is 1. The van der Waals surface area contributed by atoms with Gasteiger partial charge < -0.3 is 20.1 Å². The summed E-state index contributed by atoms with van der Waals surface area (Å²) in [6.45, 7) is 1.61. The zero-order chi connectivity index (χ0) is 21.0. The number of aromatic nitrogens is 1. The summed E-state index contributed by atoms with van der Waals surface area (Å²) in [5, 5.41) is 2.07. The van der Waals surface area contributed by atoms with Crippen LogP contribution in [0.4, 0.5) is 5.13 Å². The third kappa shape index (κ3) is 4.43. The lowest BCUT2D eigenvalue weighted by atomic mass is 9.74. The van der Waals surface area contributed by atoms with Crippen molar-refractivity contribution in [3.05, 3.63) is 40.9 Å². The quantitative estimate of drug-likeness (QED) is 0.699. The van der Waals surface area contributed by atoms with E-state index in [1.54, 1.807) is 10.3 Å². The molecule has 30 heavy (non-hydrogen) atoms. The second-order valence-corrected chi connectivity index (χ2v) is 8.83. The van der Waals surface area contributed by atoms with Crippen molar-refractivity contribution in [2.45, 2.75) is 38.5 Å². The summed E-state index contributed by atoms with van der Waals surface area (Å²) in [6.07, 6.45) is 4.83. The Morgan fingerprint density at radius 2 is 1.87 bits per heavy atom. The molecule has 4 rings (SSSR count). The molecule has 1 spiro atoms. The smallest absolute Gasteiger partial charge is 0.312 e. The second kappa shape index (κ2) is 9.04. The number of hydrogen-bond donors (Lipinski definition) is 1. The average molecular weight is 430 g/mol. The van der Waals surface area contributed by atoms with Crippen molar-refractivity contribution in [3.63, 3.8) is 0 Å². The van der Waals surface area contributed by atoms with E-state index in [0.29, 0.717) is 43.4 Å². The van der Waals surface area contributed by atoms with Crippen LogP contribution in [0.2, 0.25) is 0 Å². The van der Waals surface area contributed by atoms with E-state index in [2.05, 4.69) is 11.1 Å². The number of esters is 1. The minimum absolute atomic E-state index is 0.121. The van der Waals surface area contributed by atoms with Gasteiger partial charge in [-0.3, -0.25) is 9.59 Å². The van der Waals surface area contributed by atoms with Gasteiger partial charge in [0.1, 0.15) is 24.7 Å². The molecule has 1 aromatic heterocycles. The molecule has 0 aliphatic carbocycles. The highest BCUT2D eigenvalue weighted by atomic mass is 32.1. The first-order chi connectivity index (χ1) is 14.6. The highest BCUT2D eigenvalue weighted by Crippen LogP contribution is 2.39. The maximum atomic E-state index is 13.0. The van der Waals surface area contributed by atoms with Crippen molar-refractivity contribution >= 4 is 28.3 Å². The monoisotopic (exact) mass is 429 g/mol. The predicted octanol–water partition coefficient (Wildman–Crippen LogP) is 3.30. The van der Waals surface area contributed by atoms with E-state index in [4.69, 9.17) is 15.2 Å². The Hall–Kier alpha value is -2.61. The van der Waals surface area contributed by atoms with E-state index in [1.807, 2.05) is 18.2 Å². The van der Waals surface area contributed by atoms with Crippen molar-refractivity contribution in [3.8, 4) is 5.75 Å². The summed E-state index contributed by atoms with van der Waals surface area (Å²) in [7, 11) is 0. The summed E-state index contributed by atoms with van der Waals surface area (Å²) < 4.78 is 11.4. The Labute approximate surface area is 180 Å². The van der Waals surface area contributed by atoms with Crippen molar-refractivity contribution in [1.29, 1.82) is 0 Å². The molecule has 0 radical (unpaired) electrons. The Kier molecular flexibility index (Phi) is 6.22. The van der Waals surface area contributed by atoms with E-state index in [0.717, 1.165) is 31.4 Å². The molecule has 0 atom stereocenters. The van der Waals surface area contributed by atoms with Crippen molar-refractivity contribution in [2.75, 3.05) is 32.0 Å². The van der Waals surface area contributed by atoms with Gasteiger partial charge in [-0.2, -0.15) is 0 Å². The number of fused-ring (bicyclic) bond motifs is 1. The van der Waals surface area contributed by atoms with Crippen LogP contribution in [0.5, 0.6) is 5.75 Å². The number of aryl methyl sites for hydroxylation is 1. The molecule has 2 aromatic rings. The van der Waals surface area contributed by atoms with Gasteiger partial charge in [-0.25, -0.2) is 4.98 Å². The molecule has 160 valence electrons. The molecule has 2 N–H and O–H groups in total. The second-order valence-electron chi connectivity index (χ2n) is 7.94. The zero-order valence-electron chi connectivity index (χ0n) is 17.0. The molecule has 2 aliphatic rings. The van der Waals surface area contributed by atoms with E-state index >= 15 is 0 Å². The van der Waals surface area contributed by atoms with Gasteiger partial charge in [0.15, 0.2) is 5.13 Å². The topological polar surface area (TPSA) is 94.8 Å². The fourth-order valence-electron chi connectivity index (χ4n) is 4.31. The molecule has 0 unspecified atom stereocenters. The summed E-state index contributed by atoms with van der Waals surface area (Å²) in [5.74, 6) is 0.590. The van der Waals surface area contributed by atoms with Gasteiger partial charge in [-0.1, -0.05) is 24.6 Å². The molecule has 1 aromatic carbocycles. The Bertz CT molecular complexity index is 905. The summed E-state index contributed by atoms with van der Waals surface area (Å²) in [6, 6.07) is 8.05. The summed E-state index contributed by atoms with van der Waals surface area (Å²) in [5.41, 5.74) is 6.70. The minimum Gasteiger partial charge on any atom is -0.490 e. The number of hydrogen-bond acceptors (Lipinski definition) is 7. The van der Waals surface area contributed by atoms with Crippen LogP contribution in [0.25, 0.3) is 0 Å². The number of thiazole rings is 1. The lowest BCUT2D eigenvalue weighted by molar-refractivity contribution is -0.160. The van der Waals surface area contributed by atoms with Gasteiger partial charge in [0.05, 0.1) is 5.41 Å². The van der Waals surface area contributed by atoms with Gasteiger partial charge in [-0.15, -0.1) is 11.3 Å². The Morgan fingerprint density at radius 3 is 2.63 bits per heavy atom. The van der Waals surface area contributed by atoms with Crippen LogP contribution >= 0.6 is 11.3 Å². The van der Waals surface area contributed by atoms with E-state index in [1.165, 1.54) is 16.9 Å². The third-order valence-electron chi connectivity index (χ3n) is 6.08. The van der Waals surface area contributed by atoms with Crippen LogP contribution in [0.15, 0.2) is 29.6 Å². The summed E-state index contributed by atoms with van der Waals surface area (Å²) >= 11 is 1.26. The van der Waals surface area contributed by atoms with Gasteiger partial charge in [0.2, 0.25) is 0 Å². The third-order valence-corrected chi connectivity index (χ3v) is 6.75. The van der Waals surface area contributed by atoms with Crippen LogP contribution in [-0.2, 0) is 16.0 Å². The molecule has 2 aliphatic heterocycles. The number of likely N-dealkylation sites (tertiary alicyclic amines) is 1. The van der Waals surface area contributed by atoms with Crippen molar-refractivity contribution < 1.29 is 19.1 Å². The average Bonchev–Trinajstić information content (AvgIpc) is 3.20. The molecule has 0 bridgehead atoms. The maximum Gasteiger partial charge on any atom is 0.312 e.